The van der Waals surface area contributed by atoms with Gasteiger partial charge in [-0.05, 0) is 24.3 Å². The minimum Gasteiger partial charge on any atom is -0.298 e. The van der Waals surface area contributed by atoms with Gasteiger partial charge >= 0.3 is 0 Å². The van der Waals surface area contributed by atoms with E-state index in [1.54, 1.807) is 19.9 Å². The number of nitrogens with one attached hydrogen (secondary N) is 1. The molecule has 1 N–H and O–H groups in total. The van der Waals surface area contributed by atoms with Crippen LogP contribution in [0.4, 0.5) is 10.8 Å². The highest BCUT2D eigenvalue weighted by Gasteiger charge is 2.23. The number of sulfonamides is 1. The van der Waals surface area contributed by atoms with E-state index in [2.05, 4.69) is 10.3 Å². The molecule has 0 unspecified atom stereocenters. The molecular formula is C18H18N4O5S2. The van der Waals surface area contributed by atoms with Gasteiger partial charge in [0.1, 0.15) is 5.56 Å². The van der Waals surface area contributed by atoms with E-state index >= 15 is 0 Å². The van der Waals surface area contributed by atoms with E-state index in [0.29, 0.717) is 23.3 Å². The van der Waals surface area contributed by atoms with Crippen molar-refractivity contribution in [1.29, 1.82) is 0 Å². The summed E-state index contributed by atoms with van der Waals surface area (Å²) in [5, 5.41) is 13.9. The van der Waals surface area contributed by atoms with Crippen LogP contribution < -0.4 is 5.32 Å². The topological polar surface area (TPSA) is 123 Å². The molecule has 9 nitrogen and oxygen atoms in total. The number of hydrogen-bond donors (Lipinski definition) is 1. The summed E-state index contributed by atoms with van der Waals surface area (Å²) < 4.78 is 27.3. The van der Waals surface area contributed by atoms with Crippen LogP contribution >= 0.6 is 11.3 Å². The molecule has 2 aromatic carbocycles. The Morgan fingerprint density at radius 3 is 2.55 bits per heavy atom. The maximum absolute atomic E-state index is 12.7. The van der Waals surface area contributed by atoms with Crippen LogP contribution in [0.15, 0.2) is 47.4 Å². The van der Waals surface area contributed by atoms with Crippen LogP contribution in [0.25, 0.3) is 10.2 Å². The first-order valence-corrected chi connectivity index (χ1v) is 11.0. The molecule has 0 aliphatic heterocycles. The van der Waals surface area contributed by atoms with Crippen LogP contribution in [-0.4, -0.2) is 41.6 Å². The number of nitro benzene ring substituents is 1. The Labute approximate surface area is 171 Å². The number of rotatable bonds is 7. The fourth-order valence-electron chi connectivity index (χ4n) is 2.82. The molecule has 11 heteroatoms. The Balaban J connectivity index is 1.91. The summed E-state index contributed by atoms with van der Waals surface area (Å²) in [6.07, 6.45) is 0. The first kappa shape index (κ1) is 20.8. The van der Waals surface area contributed by atoms with Crippen LogP contribution in [-0.2, 0) is 10.0 Å². The number of amides is 1. The lowest BCUT2D eigenvalue weighted by Crippen LogP contribution is -2.30. The number of para-hydroxylation sites is 1. The van der Waals surface area contributed by atoms with Crippen LogP contribution in [0.1, 0.15) is 24.2 Å². The van der Waals surface area contributed by atoms with Crippen molar-refractivity contribution in [3.05, 3.63) is 58.1 Å². The number of carbonyl (C=O) groups is 1. The number of nitro groups is 1. The summed E-state index contributed by atoms with van der Waals surface area (Å²) in [5.74, 6) is -0.660. The second-order valence-electron chi connectivity index (χ2n) is 5.97. The van der Waals surface area contributed by atoms with Gasteiger partial charge in [-0.2, -0.15) is 4.31 Å². The largest absolute Gasteiger partial charge is 0.298 e. The monoisotopic (exact) mass is 434 g/mol. The minimum atomic E-state index is -3.61. The maximum atomic E-state index is 12.7. The molecule has 0 spiro atoms. The summed E-state index contributed by atoms with van der Waals surface area (Å²) in [4.78, 5) is 27.4. The molecule has 0 aliphatic carbocycles. The molecule has 0 bridgehead atoms. The molecule has 3 rings (SSSR count). The zero-order chi connectivity index (χ0) is 21.2. The third-order valence-electron chi connectivity index (χ3n) is 4.27. The molecule has 0 atom stereocenters. The van der Waals surface area contributed by atoms with Crippen molar-refractivity contribution in [2.45, 2.75) is 18.7 Å². The highest BCUT2D eigenvalue weighted by atomic mass is 32.2. The summed E-state index contributed by atoms with van der Waals surface area (Å²) in [5.41, 5.74) is 0.131. The van der Waals surface area contributed by atoms with Crippen molar-refractivity contribution in [3.8, 4) is 0 Å². The highest BCUT2D eigenvalue weighted by Crippen LogP contribution is 2.30. The van der Waals surface area contributed by atoms with Gasteiger partial charge in [0, 0.05) is 19.2 Å². The number of aromatic nitrogens is 1. The van der Waals surface area contributed by atoms with E-state index in [9.17, 15) is 23.3 Å². The smallest absolute Gasteiger partial charge is 0.282 e. The molecule has 0 radical (unpaired) electrons. The SMILES string of the molecule is CCN(CC)S(=O)(=O)c1ccc2nc(NC(=O)c3ccccc3[N+](=O)[O-])sc2c1. The fourth-order valence-corrected chi connectivity index (χ4v) is 5.28. The zero-order valence-corrected chi connectivity index (χ0v) is 17.3. The van der Waals surface area contributed by atoms with Gasteiger partial charge in [-0.25, -0.2) is 13.4 Å². The van der Waals surface area contributed by atoms with Gasteiger partial charge in [-0.1, -0.05) is 37.3 Å². The van der Waals surface area contributed by atoms with E-state index in [0.717, 1.165) is 11.3 Å². The Morgan fingerprint density at radius 1 is 1.21 bits per heavy atom. The van der Waals surface area contributed by atoms with E-state index in [1.165, 1.54) is 40.7 Å². The quantitative estimate of drug-likeness (QED) is 0.449. The van der Waals surface area contributed by atoms with Gasteiger partial charge in [0.15, 0.2) is 5.13 Å². The van der Waals surface area contributed by atoms with E-state index in [-0.39, 0.29) is 21.3 Å². The molecule has 1 amide bonds. The third-order valence-corrected chi connectivity index (χ3v) is 7.25. The molecular weight excluding hydrogens is 416 g/mol. The fraction of sp³-hybridized carbons (Fsp3) is 0.222. The average molecular weight is 434 g/mol. The summed E-state index contributed by atoms with van der Waals surface area (Å²) in [6, 6.07) is 10.2. The van der Waals surface area contributed by atoms with Crippen LogP contribution in [0, 0.1) is 10.1 Å². The Bertz CT molecular complexity index is 1190. The summed E-state index contributed by atoms with van der Waals surface area (Å²) >= 11 is 1.10. The summed E-state index contributed by atoms with van der Waals surface area (Å²) in [7, 11) is -3.61. The number of anilines is 1. The van der Waals surface area contributed by atoms with Crippen molar-refractivity contribution in [3.63, 3.8) is 0 Å². The van der Waals surface area contributed by atoms with Crippen molar-refractivity contribution in [2.24, 2.45) is 0 Å². The Hall–Kier alpha value is -2.89. The number of nitrogens with zero attached hydrogens (tertiary/aromatic N) is 3. The maximum Gasteiger partial charge on any atom is 0.282 e. The minimum absolute atomic E-state index is 0.0819. The van der Waals surface area contributed by atoms with Crippen molar-refractivity contribution >= 4 is 48.3 Å². The predicted octanol–water partition coefficient (Wildman–Crippen LogP) is 3.49. The lowest BCUT2D eigenvalue weighted by Gasteiger charge is -2.18. The second kappa shape index (κ2) is 8.23. The van der Waals surface area contributed by atoms with E-state index in [1.807, 2.05) is 0 Å². The standard InChI is InChI=1S/C18H18N4O5S2/c1-3-21(4-2)29(26,27)12-9-10-14-16(11-12)28-18(19-14)20-17(23)13-7-5-6-8-15(13)22(24)25/h5-11H,3-4H2,1-2H3,(H,19,20,23). The number of benzene rings is 2. The molecule has 1 heterocycles. The Morgan fingerprint density at radius 2 is 1.90 bits per heavy atom. The van der Waals surface area contributed by atoms with Gasteiger partial charge in [0.2, 0.25) is 10.0 Å². The van der Waals surface area contributed by atoms with E-state index in [4.69, 9.17) is 0 Å². The molecule has 0 saturated heterocycles. The zero-order valence-electron chi connectivity index (χ0n) is 15.7. The first-order chi connectivity index (χ1) is 13.8. The average Bonchev–Trinajstić information content (AvgIpc) is 3.10. The molecule has 0 aliphatic rings. The van der Waals surface area contributed by atoms with Gasteiger partial charge in [0.25, 0.3) is 11.6 Å². The normalized spacial score (nSPS) is 11.7. The third kappa shape index (κ3) is 4.11. The molecule has 3 aromatic rings. The number of thiazole rings is 1. The molecule has 0 fully saturated rings. The number of carbonyl (C=O) groups excluding carboxylic acids is 1. The van der Waals surface area contributed by atoms with Gasteiger partial charge < -0.3 is 0 Å². The van der Waals surface area contributed by atoms with Crippen molar-refractivity contribution in [1.82, 2.24) is 9.29 Å². The van der Waals surface area contributed by atoms with Crippen LogP contribution in [0.5, 0.6) is 0 Å². The summed E-state index contributed by atoms with van der Waals surface area (Å²) in [6.45, 7) is 4.25. The Kier molecular flexibility index (Phi) is 5.91. The van der Waals surface area contributed by atoms with Gasteiger partial charge in [0.05, 0.1) is 20.0 Å². The van der Waals surface area contributed by atoms with Gasteiger partial charge in [-0.3, -0.25) is 20.2 Å². The predicted molar refractivity (Wildman–Crippen MR) is 111 cm³/mol. The van der Waals surface area contributed by atoms with E-state index < -0.39 is 20.9 Å². The first-order valence-electron chi connectivity index (χ1n) is 8.73. The van der Waals surface area contributed by atoms with Crippen molar-refractivity contribution < 1.29 is 18.1 Å². The number of fused-ring (bicyclic) bond motifs is 1. The molecule has 1 aromatic heterocycles. The van der Waals surface area contributed by atoms with Crippen molar-refractivity contribution in [2.75, 3.05) is 18.4 Å². The second-order valence-corrected chi connectivity index (χ2v) is 8.93. The molecule has 29 heavy (non-hydrogen) atoms. The van der Waals surface area contributed by atoms with Crippen LogP contribution in [0.2, 0.25) is 0 Å². The highest BCUT2D eigenvalue weighted by molar-refractivity contribution is 7.89. The van der Waals surface area contributed by atoms with Gasteiger partial charge in [-0.15, -0.1) is 0 Å². The lowest BCUT2D eigenvalue weighted by molar-refractivity contribution is -0.385. The molecule has 0 saturated carbocycles. The number of hydrogen-bond acceptors (Lipinski definition) is 7. The molecule has 152 valence electrons. The lowest BCUT2D eigenvalue weighted by atomic mass is 10.1. The van der Waals surface area contributed by atoms with Crippen LogP contribution in [0.3, 0.4) is 0 Å².